The zero-order chi connectivity index (χ0) is 13.8. The SMILES string of the molecule is CC(CNCC1(c2ccccc2)CCNCC1)C1CC1. The maximum Gasteiger partial charge on any atom is 0.0102 e. The lowest BCUT2D eigenvalue weighted by molar-refractivity contribution is 0.285. The van der Waals surface area contributed by atoms with Crippen molar-refractivity contribution in [2.45, 2.75) is 38.0 Å². The van der Waals surface area contributed by atoms with E-state index in [1.54, 1.807) is 0 Å². The molecule has 20 heavy (non-hydrogen) atoms. The molecule has 2 aliphatic rings. The number of hydrogen-bond acceptors (Lipinski definition) is 2. The van der Waals surface area contributed by atoms with E-state index >= 15 is 0 Å². The molecule has 0 spiro atoms. The number of rotatable bonds is 6. The lowest BCUT2D eigenvalue weighted by Gasteiger charge is -2.39. The molecule has 0 aromatic heterocycles. The highest BCUT2D eigenvalue weighted by molar-refractivity contribution is 5.27. The van der Waals surface area contributed by atoms with E-state index in [0.717, 1.165) is 31.5 Å². The van der Waals surface area contributed by atoms with Crippen molar-refractivity contribution in [2.75, 3.05) is 26.2 Å². The molecule has 2 nitrogen and oxygen atoms in total. The Kier molecular flexibility index (Phi) is 4.42. The molecule has 1 atom stereocenters. The molecule has 1 saturated heterocycles. The van der Waals surface area contributed by atoms with Gasteiger partial charge in [-0.05, 0) is 62.7 Å². The fraction of sp³-hybridized carbons (Fsp3) is 0.667. The van der Waals surface area contributed by atoms with Gasteiger partial charge >= 0.3 is 0 Å². The van der Waals surface area contributed by atoms with Gasteiger partial charge in [0.05, 0.1) is 0 Å². The summed E-state index contributed by atoms with van der Waals surface area (Å²) in [5, 5.41) is 7.30. The Morgan fingerprint density at radius 1 is 1.20 bits per heavy atom. The van der Waals surface area contributed by atoms with Crippen molar-refractivity contribution in [2.24, 2.45) is 11.8 Å². The number of nitrogens with one attached hydrogen (secondary N) is 2. The van der Waals surface area contributed by atoms with Crippen molar-refractivity contribution in [3.05, 3.63) is 35.9 Å². The van der Waals surface area contributed by atoms with Crippen molar-refractivity contribution < 1.29 is 0 Å². The van der Waals surface area contributed by atoms with Gasteiger partial charge in [-0.1, -0.05) is 37.3 Å². The molecule has 2 N–H and O–H groups in total. The maximum absolute atomic E-state index is 3.79. The van der Waals surface area contributed by atoms with Crippen LogP contribution in [0, 0.1) is 11.8 Å². The zero-order valence-corrected chi connectivity index (χ0v) is 12.7. The van der Waals surface area contributed by atoms with Gasteiger partial charge < -0.3 is 10.6 Å². The van der Waals surface area contributed by atoms with Crippen LogP contribution in [0.2, 0.25) is 0 Å². The molecular formula is C18H28N2. The Balaban J connectivity index is 1.63. The molecular weight excluding hydrogens is 244 g/mol. The number of piperidine rings is 1. The minimum atomic E-state index is 0.343. The molecule has 1 unspecified atom stereocenters. The van der Waals surface area contributed by atoms with Gasteiger partial charge in [0.25, 0.3) is 0 Å². The molecule has 2 fully saturated rings. The van der Waals surface area contributed by atoms with E-state index in [0.29, 0.717) is 5.41 Å². The van der Waals surface area contributed by atoms with E-state index in [1.807, 2.05) is 0 Å². The van der Waals surface area contributed by atoms with Crippen LogP contribution in [-0.2, 0) is 5.41 Å². The van der Waals surface area contributed by atoms with Crippen molar-refractivity contribution in [1.29, 1.82) is 0 Å². The first-order valence-electron chi connectivity index (χ1n) is 8.27. The summed E-state index contributed by atoms with van der Waals surface area (Å²) >= 11 is 0. The topological polar surface area (TPSA) is 24.1 Å². The Morgan fingerprint density at radius 2 is 1.90 bits per heavy atom. The van der Waals surface area contributed by atoms with Gasteiger partial charge in [-0.3, -0.25) is 0 Å². The van der Waals surface area contributed by atoms with Crippen LogP contribution in [0.15, 0.2) is 30.3 Å². The van der Waals surface area contributed by atoms with Crippen LogP contribution in [0.4, 0.5) is 0 Å². The Bertz CT molecular complexity index is 405. The minimum absolute atomic E-state index is 0.343. The van der Waals surface area contributed by atoms with Crippen molar-refractivity contribution >= 4 is 0 Å². The molecule has 0 bridgehead atoms. The molecule has 1 aliphatic heterocycles. The van der Waals surface area contributed by atoms with E-state index in [4.69, 9.17) is 0 Å². The first kappa shape index (κ1) is 14.1. The molecule has 0 amide bonds. The molecule has 1 heterocycles. The Hall–Kier alpha value is -0.860. The normalized spacial score (nSPS) is 23.4. The third kappa shape index (κ3) is 3.24. The fourth-order valence-corrected chi connectivity index (χ4v) is 3.64. The molecule has 1 aliphatic carbocycles. The first-order chi connectivity index (χ1) is 9.80. The van der Waals surface area contributed by atoms with Crippen LogP contribution in [0.3, 0.4) is 0 Å². The zero-order valence-electron chi connectivity index (χ0n) is 12.7. The van der Waals surface area contributed by atoms with Crippen molar-refractivity contribution in [1.82, 2.24) is 10.6 Å². The second kappa shape index (κ2) is 6.28. The van der Waals surface area contributed by atoms with Crippen molar-refractivity contribution in [3.63, 3.8) is 0 Å². The van der Waals surface area contributed by atoms with Gasteiger partial charge in [0.15, 0.2) is 0 Å². The summed E-state index contributed by atoms with van der Waals surface area (Å²) in [6.45, 7) is 7.02. The van der Waals surface area contributed by atoms with Gasteiger partial charge in [-0.15, -0.1) is 0 Å². The smallest absolute Gasteiger partial charge is 0.0102 e. The van der Waals surface area contributed by atoms with Crippen molar-refractivity contribution in [3.8, 4) is 0 Å². The summed E-state index contributed by atoms with van der Waals surface area (Å²) in [5.74, 6) is 1.85. The molecule has 2 heteroatoms. The standard InChI is InChI=1S/C18H28N2/c1-15(16-7-8-16)13-20-14-18(9-11-19-12-10-18)17-5-3-2-4-6-17/h2-6,15-16,19-20H,7-14H2,1H3. The van der Waals surface area contributed by atoms with E-state index < -0.39 is 0 Å². The fourth-order valence-electron chi connectivity index (χ4n) is 3.64. The largest absolute Gasteiger partial charge is 0.317 e. The summed E-state index contributed by atoms with van der Waals surface area (Å²) in [6.07, 6.45) is 5.41. The van der Waals surface area contributed by atoms with Gasteiger partial charge in [0, 0.05) is 12.0 Å². The summed E-state index contributed by atoms with van der Waals surface area (Å²) in [5.41, 5.74) is 1.86. The lowest BCUT2D eigenvalue weighted by atomic mass is 9.73. The van der Waals surface area contributed by atoms with Crippen LogP contribution < -0.4 is 10.6 Å². The summed E-state index contributed by atoms with van der Waals surface area (Å²) in [7, 11) is 0. The van der Waals surface area contributed by atoms with E-state index in [2.05, 4.69) is 47.9 Å². The van der Waals surface area contributed by atoms with E-state index in [1.165, 1.54) is 37.8 Å². The number of benzene rings is 1. The average molecular weight is 272 g/mol. The molecule has 110 valence electrons. The molecule has 3 rings (SSSR count). The van der Waals surface area contributed by atoms with Gasteiger partial charge in [0.1, 0.15) is 0 Å². The predicted octanol–water partition coefficient (Wildman–Crippen LogP) is 2.94. The number of hydrogen-bond donors (Lipinski definition) is 2. The first-order valence-corrected chi connectivity index (χ1v) is 8.27. The Labute approximate surface area is 123 Å². The molecule has 1 saturated carbocycles. The van der Waals surface area contributed by atoms with Gasteiger partial charge in [-0.2, -0.15) is 0 Å². The highest BCUT2D eigenvalue weighted by Crippen LogP contribution is 2.37. The van der Waals surface area contributed by atoms with Crippen LogP contribution in [0.1, 0.15) is 38.2 Å². The average Bonchev–Trinajstić information content (AvgIpc) is 3.34. The van der Waals surface area contributed by atoms with Crippen LogP contribution in [0.5, 0.6) is 0 Å². The second-order valence-corrected chi connectivity index (χ2v) is 6.84. The highest BCUT2D eigenvalue weighted by Gasteiger charge is 2.34. The third-order valence-corrected chi connectivity index (χ3v) is 5.30. The molecule has 1 aromatic rings. The third-order valence-electron chi connectivity index (χ3n) is 5.30. The van der Waals surface area contributed by atoms with Crippen LogP contribution in [-0.4, -0.2) is 26.2 Å². The monoisotopic (exact) mass is 272 g/mol. The van der Waals surface area contributed by atoms with Crippen LogP contribution >= 0.6 is 0 Å². The van der Waals surface area contributed by atoms with Gasteiger partial charge in [-0.25, -0.2) is 0 Å². The van der Waals surface area contributed by atoms with Gasteiger partial charge in [0.2, 0.25) is 0 Å². The predicted molar refractivity (Wildman–Crippen MR) is 85.0 cm³/mol. The van der Waals surface area contributed by atoms with Crippen LogP contribution in [0.25, 0.3) is 0 Å². The lowest BCUT2D eigenvalue weighted by Crippen LogP contribution is -2.47. The maximum atomic E-state index is 3.79. The van der Waals surface area contributed by atoms with E-state index in [9.17, 15) is 0 Å². The molecule has 1 aromatic carbocycles. The molecule has 0 radical (unpaired) electrons. The quantitative estimate of drug-likeness (QED) is 0.832. The summed E-state index contributed by atoms with van der Waals surface area (Å²) < 4.78 is 0. The van der Waals surface area contributed by atoms with E-state index in [-0.39, 0.29) is 0 Å². The summed E-state index contributed by atoms with van der Waals surface area (Å²) in [6, 6.07) is 11.1. The minimum Gasteiger partial charge on any atom is -0.317 e. The highest BCUT2D eigenvalue weighted by atomic mass is 14.9. The summed E-state index contributed by atoms with van der Waals surface area (Å²) in [4.78, 5) is 0. The Morgan fingerprint density at radius 3 is 2.55 bits per heavy atom. The second-order valence-electron chi connectivity index (χ2n) is 6.84.